The lowest BCUT2D eigenvalue weighted by atomic mass is 10.3. The minimum Gasteiger partial charge on any atom is -0.495 e. The molecule has 0 bridgehead atoms. The third-order valence-corrected chi connectivity index (χ3v) is 5.52. The molecule has 0 saturated heterocycles. The monoisotopic (exact) mass is 403 g/mol. The van der Waals surface area contributed by atoms with Gasteiger partial charge >= 0.3 is 0 Å². The summed E-state index contributed by atoms with van der Waals surface area (Å²) in [5.41, 5.74) is 2.02. The summed E-state index contributed by atoms with van der Waals surface area (Å²) in [5.74, 6) is 4.62. The summed E-state index contributed by atoms with van der Waals surface area (Å²) in [7, 11) is -2.73. The summed E-state index contributed by atoms with van der Waals surface area (Å²) >= 11 is 11.8. The number of ether oxygens (including phenoxy) is 1. The Morgan fingerprint density at radius 1 is 1.16 bits per heavy atom. The van der Waals surface area contributed by atoms with Gasteiger partial charge in [-0.25, -0.2) is 14.3 Å². The van der Waals surface area contributed by atoms with Crippen LogP contribution in [0, 0.1) is 0 Å². The van der Waals surface area contributed by atoms with E-state index in [2.05, 4.69) is 0 Å². The van der Waals surface area contributed by atoms with Crippen LogP contribution >= 0.6 is 23.2 Å². The topological polar surface area (TPSA) is 102 Å². The number of nitrogens with zero attached hydrogens (tertiary/aromatic N) is 1. The average molecular weight is 404 g/mol. The van der Waals surface area contributed by atoms with Gasteiger partial charge < -0.3 is 4.74 Å². The Morgan fingerprint density at radius 3 is 2.32 bits per heavy atom. The number of methoxy groups -OCH3 is 1. The first kappa shape index (κ1) is 19.3. The Bertz CT molecular complexity index is 873. The van der Waals surface area contributed by atoms with E-state index in [-0.39, 0.29) is 21.4 Å². The van der Waals surface area contributed by atoms with Crippen LogP contribution in [0.1, 0.15) is 0 Å². The molecule has 0 aromatic heterocycles. The molecule has 0 aliphatic carbocycles. The lowest BCUT2D eigenvalue weighted by Crippen LogP contribution is -2.43. The van der Waals surface area contributed by atoms with E-state index in [9.17, 15) is 13.2 Å². The Labute approximate surface area is 155 Å². The number of amides is 1. The molecule has 2 aromatic carbocycles. The van der Waals surface area contributed by atoms with E-state index in [0.717, 1.165) is 4.31 Å². The van der Waals surface area contributed by atoms with E-state index >= 15 is 0 Å². The maximum Gasteiger partial charge on any atom is 0.264 e. The summed E-state index contributed by atoms with van der Waals surface area (Å²) in [4.78, 5) is 11.7. The Balaban J connectivity index is 2.62. The number of anilines is 1. The molecule has 0 unspecified atom stereocenters. The number of nitrogens with two attached hydrogens (primary N) is 1. The maximum atomic E-state index is 13.0. The fourth-order valence-corrected chi connectivity index (χ4v) is 3.78. The van der Waals surface area contributed by atoms with Gasteiger partial charge in [-0.15, -0.1) is 0 Å². The fraction of sp³-hybridized carbons (Fsp3) is 0.133. The molecule has 0 spiro atoms. The minimum absolute atomic E-state index is 0.0521. The quantitative estimate of drug-likeness (QED) is 0.437. The summed E-state index contributed by atoms with van der Waals surface area (Å²) in [5, 5.41) is 0.658. The van der Waals surface area contributed by atoms with Crippen molar-refractivity contribution in [3.63, 3.8) is 0 Å². The van der Waals surface area contributed by atoms with Gasteiger partial charge in [0.05, 0.1) is 17.7 Å². The van der Waals surface area contributed by atoms with Crippen LogP contribution in [0.25, 0.3) is 0 Å². The SMILES string of the molecule is COc1ccc(Cl)cc1N(CC(=O)NN)S(=O)(=O)c1ccc(Cl)cc1. The van der Waals surface area contributed by atoms with Gasteiger partial charge in [-0.3, -0.25) is 14.5 Å². The summed E-state index contributed by atoms with van der Waals surface area (Å²) in [6.45, 7) is -0.557. The van der Waals surface area contributed by atoms with Crippen molar-refractivity contribution in [2.75, 3.05) is 18.0 Å². The van der Waals surface area contributed by atoms with Crippen LogP contribution in [0.4, 0.5) is 5.69 Å². The van der Waals surface area contributed by atoms with Crippen LogP contribution in [0.5, 0.6) is 5.75 Å². The second kappa shape index (κ2) is 7.92. The number of carbonyl (C=O) groups is 1. The Morgan fingerprint density at radius 2 is 1.76 bits per heavy atom. The molecule has 134 valence electrons. The molecule has 0 saturated carbocycles. The molecule has 2 rings (SSSR count). The normalized spacial score (nSPS) is 11.0. The molecule has 10 heteroatoms. The van der Waals surface area contributed by atoms with E-state index < -0.39 is 22.5 Å². The van der Waals surface area contributed by atoms with Gasteiger partial charge in [0.1, 0.15) is 12.3 Å². The maximum absolute atomic E-state index is 13.0. The molecule has 0 atom stereocenters. The zero-order valence-electron chi connectivity index (χ0n) is 13.1. The highest BCUT2D eigenvalue weighted by molar-refractivity contribution is 7.92. The summed E-state index contributed by atoms with van der Waals surface area (Å²) in [6, 6.07) is 9.97. The molecule has 0 fully saturated rings. The molecule has 3 N–H and O–H groups in total. The highest BCUT2D eigenvalue weighted by Gasteiger charge is 2.29. The summed E-state index contributed by atoms with van der Waals surface area (Å²) < 4.78 is 32.1. The molecule has 0 heterocycles. The number of hydrazine groups is 1. The lowest BCUT2D eigenvalue weighted by Gasteiger charge is -2.25. The van der Waals surface area contributed by atoms with Gasteiger partial charge in [-0.1, -0.05) is 23.2 Å². The van der Waals surface area contributed by atoms with E-state index in [4.69, 9.17) is 33.8 Å². The van der Waals surface area contributed by atoms with Crippen LogP contribution in [0.3, 0.4) is 0 Å². The van der Waals surface area contributed by atoms with Crippen LogP contribution < -0.4 is 20.3 Å². The van der Waals surface area contributed by atoms with E-state index in [1.54, 1.807) is 6.07 Å². The van der Waals surface area contributed by atoms with Crippen molar-refractivity contribution in [3.05, 3.63) is 52.5 Å². The van der Waals surface area contributed by atoms with Gasteiger partial charge in [0.2, 0.25) is 0 Å². The number of nitrogens with one attached hydrogen (secondary N) is 1. The van der Waals surface area contributed by atoms with Crippen molar-refractivity contribution < 1.29 is 17.9 Å². The molecule has 0 aliphatic heterocycles. The van der Waals surface area contributed by atoms with Crippen molar-refractivity contribution in [3.8, 4) is 5.75 Å². The molecule has 7 nitrogen and oxygen atoms in total. The van der Waals surface area contributed by atoms with Crippen LogP contribution in [0.15, 0.2) is 47.4 Å². The highest BCUT2D eigenvalue weighted by Crippen LogP contribution is 2.34. The largest absolute Gasteiger partial charge is 0.495 e. The molecule has 0 radical (unpaired) electrons. The number of hydrogen-bond acceptors (Lipinski definition) is 5. The molecule has 1 amide bonds. The Kier molecular flexibility index (Phi) is 6.12. The molecular formula is C15H15Cl2N3O4S. The third kappa shape index (κ3) is 4.35. The second-order valence-corrected chi connectivity index (χ2v) is 7.58. The number of carbonyl (C=O) groups excluding carboxylic acids is 1. The van der Waals surface area contributed by atoms with Gasteiger partial charge in [0.25, 0.3) is 15.9 Å². The van der Waals surface area contributed by atoms with Gasteiger partial charge in [0.15, 0.2) is 0 Å². The van der Waals surface area contributed by atoms with Crippen molar-refractivity contribution in [2.24, 2.45) is 5.84 Å². The predicted molar refractivity (Wildman–Crippen MR) is 96.3 cm³/mol. The highest BCUT2D eigenvalue weighted by atomic mass is 35.5. The number of sulfonamides is 1. The van der Waals surface area contributed by atoms with Gasteiger partial charge in [-0.2, -0.15) is 0 Å². The van der Waals surface area contributed by atoms with E-state index in [1.165, 1.54) is 43.5 Å². The van der Waals surface area contributed by atoms with E-state index in [0.29, 0.717) is 5.02 Å². The van der Waals surface area contributed by atoms with Gasteiger partial charge in [0, 0.05) is 10.0 Å². The smallest absolute Gasteiger partial charge is 0.264 e. The van der Waals surface area contributed by atoms with Crippen molar-refractivity contribution in [2.45, 2.75) is 4.90 Å². The zero-order chi connectivity index (χ0) is 18.6. The van der Waals surface area contributed by atoms with Gasteiger partial charge in [-0.05, 0) is 42.5 Å². The van der Waals surface area contributed by atoms with Crippen LogP contribution in [-0.4, -0.2) is 28.0 Å². The Hall–Kier alpha value is -2.00. The first-order valence-electron chi connectivity index (χ1n) is 6.91. The molecule has 0 aliphatic rings. The minimum atomic E-state index is -4.11. The summed E-state index contributed by atoms with van der Waals surface area (Å²) in [6.07, 6.45) is 0. The number of benzene rings is 2. The number of rotatable bonds is 6. The third-order valence-electron chi connectivity index (χ3n) is 3.26. The molecule has 2 aromatic rings. The lowest BCUT2D eigenvalue weighted by molar-refractivity contribution is -0.119. The predicted octanol–water partition coefficient (Wildman–Crippen LogP) is 2.19. The number of hydrogen-bond donors (Lipinski definition) is 2. The number of halogens is 2. The zero-order valence-corrected chi connectivity index (χ0v) is 15.4. The van der Waals surface area contributed by atoms with Crippen molar-refractivity contribution >= 4 is 44.8 Å². The van der Waals surface area contributed by atoms with Crippen molar-refractivity contribution in [1.29, 1.82) is 0 Å². The molecular weight excluding hydrogens is 389 g/mol. The van der Waals surface area contributed by atoms with Crippen molar-refractivity contribution in [1.82, 2.24) is 5.43 Å². The standard InChI is InChI=1S/C15H15Cl2N3O4S/c1-24-14-7-4-11(17)8-13(14)20(9-15(21)19-18)25(22,23)12-5-2-10(16)3-6-12/h2-8H,9,18H2,1H3,(H,19,21). The second-order valence-electron chi connectivity index (χ2n) is 4.85. The first-order chi connectivity index (χ1) is 11.8. The average Bonchev–Trinajstić information content (AvgIpc) is 2.59. The van der Waals surface area contributed by atoms with Crippen LogP contribution in [0.2, 0.25) is 10.0 Å². The van der Waals surface area contributed by atoms with Crippen LogP contribution in [-0.2, 0) is 14.8 Å². The first-order valence-corrected chi connectivity index (χ1v) is 9.10. The molecule has 25 heavy (non-hydrogen) atoms. The fourth-order valence-electron chi connectivity index (χ4n) is 2.07. The van der Waals surface area contributed by atoms with E-state index in [1.807, 2.05) is 5.43 Å².